The van der Waals surface area contributed by atoms with Crippen molar-refractivity contribution in [3.63, 3.8) is 0 Å². The molecule has 2 aliphatic rings. The first-order chi connectivity index (χ1) is 22.2. The molecular formula is C35H9F4N7. The van der Waals surface area contributed by atoms with E-state index in [9.17, 15) is 49.1 Å². The van der Waals surface area contributed by atoms with E-state index in [0.29, 0.717) is 33.4 Å². The van der Waals surface area contributed by atoms with E-state index in [2.05, 4.69) is 11.1 Å². The van der Waals surface area contributed by atoms with E-state index in [1.54, 1.807) is 24.3 Å². The Kier molecular flexibility index (Phi) is 6.73. The number of hydrogen-bond acceptors (Lipinski definition) is 7. The predicted molar refractivity (Wildman–Crippen MR) is 154 cm³/mol. The van der Waals surface area contributed by atoms with Crippen molar-refractivity contribution in [1.82, 2.24) is 4.98 Å². The zero-order chi connectivity index (χ0) is 32.9. The predicted octanol–water partition coefficient (Wildman–Crippen LogP) is 7.25. The van der Waals surface area contributed by atoms with Gasteiger partial charge in [0, 0.05) is 27.8 Å². The van der Waals surface area contributed by atoms with Gasteiger partial charge in [-0.1, -0.05) is 30.3 Å². The van der Waals surface area contributed by atoms with Gasteiger partial charge < -0.3 is 0 Å². The third-order valence-corrected chi connectivity index (χ3v) is 7.66. The third kappa shape index (κ3) is 4.03. The van der Waals surface area contributed by atoms with Gasteiger partial charge in [0.15, 0.2) is 5.82 Å². The molecule has 11 heteroatoms. The van der Waals surface area contributed by atoms with Crippen LogP contribution in [0.15, 0.2) is 65.7 Å². The van der Waals surface area contributed by atoms with Gasteiger partial charge in [0.25, 0.3) is 5.95 Å². The standard InChI is InChI=1S/C35H9F4N7/c36-31-32(37)34(46-35(39)33(31)38)18-3-6-22-21-5-2-17(8-25(21)28(26(22)9-18)19(11-41)12-42)29-27(15-45)23-4-1-16(10-40)7-24(23)30(29)20(13-43)14-44/h1-9H. The highest BCUT2D eigenvalue weighted by molar-refractivity contribution is 6.26. The summed E-state index contributed by atoms with van der Waals surface area (Å²) in [6, 6.07) is 24.8. The molecule has 0 saturated carbocycles. The van der Waals surface area contributed by atoms with Gasteiger partial charge in [-0.2, -0.15) is 40.4 Å². The first-order valence-electron chi connectivity index (χ1n) is 13.0. The lowest BCUT2D eigenvalue weighted by atomic mass is 9.89. The van der Waals surface area contributed by atoms with Gasteiger partial charge in [0.2, 0.25) is 11.6 Å². The fraction of sp³-hybridized carbons (Fsp3) is 0. The van der Waals surface area contributed by atoms with Crippen LogP contribution in [0.25, 0.3) is 44.7 Å². The minimum absolute atomic E-state index is 0.0786. The smallest absolute Gasteiger partial charge is 0.214 e. The maximum atomic E-state index is 14.7. The average molecular weight is 603 g/mol. The third-order valence-electron chi connectivity index (χ3n) is 7.66. The van der Waals surface area contributed by atoms with Gasteiger partial charge >= 0.3 is 0 Å². The van der Waals surface area contributed by atoms with Crippen molar-refractivity contribution < 1.29 is 17.6 Å². The van der Waals surface area contributed by atoms with Gasteiger partial charge in [-0.3, -0.25) is 0 Å². The number of benzene rings is 3. The molecule has 4 aromatic rings. The molecule has 0 radical (unpaired) electrons. The molecule has 0 atom stereocenters. The second-order valence-corrected chi connectivity index (χ2v) is 9.90. The first kappa shape index (κ1) is 28.8. The van der Waals surface area contributed by atoms with Crippen LogP contribution in [0.1, 0.15) is 33.4 Å². The second-order valence-electron chi connectivity index (χ2n) is 9.90. The molecule has 3 aromatic carbocycles. The molecule has 0 bridgehead atoms. The lowest BCUT2D eigenvalue weighted by Crippen LogP contribution is -2.03. The number of aromatic nitrogens is 1. The Morgan fingerprint density at radius 3 is 1.65 bits per heavy atom. The van der Waals surface area contributed by atoms with Crippen molar-refractivity contribution in [2.45, 2.75) is 0 Å². The van der Waals surface area contributed by atoms with Crippen LogP contribution in [0.3, 0.4) is 0 Å². The lowest BCUT2D eigenvalue weighted by Gasteiger charge is -2.11. The summed E-state index contributed by atoms with van der Waals surface area (Å²) in [4.78, 5) is 3.23. The van der Waals surface area contributed by atoms with Crippen LogP contribution >= 0.6 is 0 Å². The van der Waals surface area contributed by atoms with E-state index in [1.165, 1.54) is 30.3 Å². The summed E-state index contributed by atoms with van der Waals surface area (Å²) in [5.74, 6) is -7.72. The van der Waals surface area contributed by atoms with E-state index in [-0.39, 0.29) is 50.1 Å². The zero-order valence-corrected chi connectivity index (χ0v) is 22.8. The molecule has 0 saturated heterocycles. The number of hydrogen-bond donors (Lipinski definition) is 0. The molecular weight excluding hydrogens is 594 g/mol. The van der Waals surface area contributed by atoms with Crippen LogP contribution in [-0.4, -0.2) is 4.98 Å². The topological polar surface area (TPSA) is 156 Å². The molecule has 212 valence electrons. The highest BCUT2D eigenvalue weighted by Gasteiger charge is 2.34. The Morgan fingerprint density at radius 2 is 1.07 bits per heavy atom. The number of allylic oxidation sites excluding steroid dienone is 5. The Balaban J connectivity index is 1.62. The van der Waals surface area contributed by atoms with Crippen LogP contribution in [0.4, 0.5) is 17.6 Å². The summed E-state index contributed by atoms with van der Waals surface area (Å²) in [5.41, 5.74) is 1.63. The molecule has 0 aliphatic heterocycles. The van der Waals surface area contributed by atoms with Crippen molar-refractivity contribution in [2.24, 2.45) is 0 Å². The molecule has 46 heavy (non-hydrogen) atoms. The van der Waals surface area contributed by atoms with Crippen LogP contribution in [0, 0.1) is 91.4 Å². The van der Waals surface area contributed by atoms with Crippen molar-refractivity contribution in [3.05, 3.63) is 123 Å². The van der Waals surface area contributed by atoms with Gasteiger partial charge in [-0.15, -0.1) is 0 Å². The number of pyridine rings is 1. The number of halogens is 4. The zero-order valence-electron chi connectivity index (χ0n) is 22.8. The Bertz CT molecular complexity index is 2450. The number of rotatable bonds is 2. The minimum atomic E-state index is -2.08. The molecule has 0 spiro atoms. The molecule has 6 rings (SSSR count). The maximum Gasteiger partial charge on any atom is 0.252 e. The molecule has 0 amide bonds. The fourth-order valence-electron chi connectivity index (χ4n) is 5.74. The van der Waals surface area contributed by atoms with Crippen LogP contribution in [0.2, 0.25) is 0 Å². The van der Waals surface area contributed by atoms with E-state index in [0.717, 1.165) is 0 Å². The molecule has 0 N–H and O–H groups in total. The summed E-state index contributed by atoms with van der Waals surface area (Å²) < 4.78 is 56.3. The van der Waals surface area contributed by atoms with Gasteiger partial charge in [-0.05, 0) is 57.6 Å². The monoisotopic (exact) mass is 603 g/mol. The highest BCUT2D eigenvalue weighted by atomic mass is 19.2. The Hall–Kier alpha value is -7.31. The van der Waals surface area contributed by atoms with E-state index < -0.39 is 29.1 Å². The summed E-state index contributed by atoms with van der Waals surface area (Å²) in [6.07, 6.45) is 0. The molecule has 0 fully saturated rings. The van der Waals surface area contributed by atoms with Gasteiger partial charge in [0.1, 0.15) is 47.2 Å². The van der Waals surface area contributed by atoms with Crippen LogP contribution < -0.4 is 0 Å². The molecule has 0 unspecified atom stereocenters. The first-order valence-corrected chi connectivity index (χ1v) is 13.0. The molecule has 1 heterocycles. The number of nitriles is 6. The summed E-state index contributed by atoms with van der Waals surface area (Å²) >= 11 is 0. The number of fused-ring (bicyclic) bond motifs is 4. The molecule has 2 aliphatic carbocycles. The van der Waals surface area contributed by atoms with Crippen LogP contribution in [0.5, 0.6) is 0 Å². The summed E-state index contributed by atoms with van der Waals surface area (Å²) in [7, 11) is 0. The summed E-state index contributed by atoms with van der Waals surface area (Å²) in [5, 5.41) is 59.1. The largest absolute Gasteiger partial charge is 0.252 e. The van der Waals surface area contributed by atoms with E-state index >= 15 is 0 Å². The molecule has 7 nitrogen and oxygen atoms in total. The van der Waals surface area contributed by atoms with Crippen LogP contribution in [-0.2, 0) is 0 Å². The van der Waals surface area contributed by atoms with Gasteiger partial charge in [0.05, 0.1) is 17.2 Å². The molecule has 1 aromatic heterocycles. The van der Waals surface area contributed by atoms with Crippen molar-refractivity contribution >= 4 is 22.3 Å². The van der Waals surface area contributed by atoms with E-state index in [4.69, 9.17) is 0 Å². The average Bonchev–Trinajstić information content (AvgIpc) is 3.58. The Labute approximate surface area is 257 Å². The fourth-order valence-corrected chi connectivity index (χ4v) is 5.74. The van der Waals surface area contributed by atoms with Crippen molar-refractivity contribution in [1.29, 1.82) is 31.6 Å². The van der Waals surface area contributed by atoms with Gasteiger partial charge in [-0.25, -0.2) is 13.8 Å². The highest BCUT2D eigenvalue weighted by Crippen LogP contribution is 2.52. The minimum Gasteiger partial charge on any atom is -0.214 e. The summed E-state index contributed by atoms with van der Waals surface area (Å²) in [6.45, 7) is 0. The normalized spacial score (nSPS) is 12.0. The quantitative estimate of drug-likeness (QED) is 0.117. The maximum absolute atomic E-state index is 14.7. The van der Waals surface area contributed by atoms with Crippen molar-refractivity contribution in [3.8, 4) is 58.8 Å². The second kappa shape index (κ2) is 10.8. The number of nitrogens with zero attached hydrogens (tertiary/aromatic N) is 7. The SMILES string of the molecule is N#CC(C#N)=C1C(c2ccc3c(c2)C(=C(C#N)C#N)c2cc(-c4nc(F)c(F)c(F)c4F)ccc2-3)=C(C#N)c2ccc(C#N)cc21. The van der Waals surface area contributed by atoms with E-state index in [1.807, 2.05) is 30.3 Å². The van der Waals surface area contributed by atoms with Crippen molar-refractivity contribution in [2.75, 3.05) is 0 Å². The lowest BCUT2D eigenvalue weighted by molar-refractivity contribution is 0.393. The Morgan fingerprint density at radius 1 is 0.522 bits per heavy atom.